The zero-order valence-electron chi connectivity index (χ0n) is 14.0. The third-order valence-corrected chi connectivity index (χ3v) is 5.32. The van der Waals surface area contributed by atoms with Gasteiger partial charge in [0.1, 0.15) is 23.0 Å². The van der Waals surface area contributed by atoms with Crippen molar-refractivity contribution < 1.29 is 28.9 Å². The highest BCUT2D eigenvalue weighted by Crippen LogP contribution is 2.52. The summed E-state index contributed by atoms with van der Waals surface area (Å²) in [7, 11) is 3.14. The highest BCUT2D eigenvalue weighted by molar-refractivity contribution is 5.90. The van der Waals surface area contributed by atoms with Gasteiger partial charge in [-0.1, -0.05) is 12.2 Å². The molecule has 0 saturated carbocycles. The average molecular weight is 345 g/mol. The minimum Gasteiger partial charge on any atom is -0.497 e. The lowest BCUT2D eigenvalue weighted by molar-refractivity contribution is -0.148. The van der Waals surface area contributed by atoms with E-state index in [1.807, 2.05) is 12.1 Å². The van der Waals surface area contributed by atoms with Crippen molar-refractivity contribution in [1.82, 2.24) is 4.90 Å². The van der Waals surface area contributed by atoms with E-state index in [0.717, 1.165) is 5.56 Å². The van der Waals surface area contributed by atoms with E-state index in [1.54, 1.807) is 37.3 Å². The number of carboxylic acid groups (broad SMARTS) is 1. The van der Waals surface area contributed by atoms with Gasteiger partial charge in [0, 0.05) is 18.2 Å². The summed E-state index contributed by atoms with van der Waals surface area (Å²) in [6.45, 7) is 0.681. The van der Waals surface area contributed by atoms with E-state index < -0.39 is 29.5 Å². The summed E-state index contributed by atoms with van der Waals surface area (Å²) < 4.78 is 16.5. The minimum atomic E-state index is -0.988. The van der Waals surface area contributed by atoms with Gasteiger partial charge in [0.05, 0.1) is 32.8 Å². The number of rotatable bonds is 5. The molecular weight excluding hydrogens is 326 g/mol. The van der Waals surface area contributed by atoms with Crippen molar-refractivity contribution >= 4 is 11.9 Å². The summed E-state index contributed by atoms with van der Waals surface area (Å²) in [5, 5.41) is 9.49. The molecule has 0 unspecified atom stereocenters. The van der Waals surface area contributed by atoms with Crippen LogP contribution in [0.25, 0.3) is 0 Å². The van der Waals surface area contributed by atoms with Crippen molar-refractivity contribution in [2.45, 2.75) is 18.2 Å². The number of carbonyl (C=O) groups is 2. The lowest BCUT2D eigenvalue weighted by atomic mass is 9.77. The maximum atomic E-state index is 12.9. The number of carbonyl (C=O) groups excluding carboxylic acids is 1. The average Bonchev–Trinajstić information content (AvgIpc) is 3.23. The SMILES string of the molecule is COc1ccc(CN2C[C@@]34C=C[C@@H](O3)[C@H](C(=O)O)[C@H]4C2=O)c(OC)c1. The maximum absolute atomic E-state index is 12.9. The number of aliphatic carboxylic acids is 1. The van der Waals surface area contributed by atoms with Crippen LogP contribution >= 0.6 is 0 Å². The molecule has 2 saturated heterocycles. The Morgan fingerprint density at radius 1 is 1.40 bits per heavy atom. The zero-order chi connectivity index (χ0) is 17.8. The zero-order valence-corrected chi connectivity index (χ0v) is 14.0. The number of nitrogens with zero attached hydrogens (tertiary/aromatic N) is 1. The number of methoxy groups -OCH3 is 2. The summed E-state index contributed by atoms with van der Waals surface area (Å²) in [5.41, 5.74) is 0.0169. The van der Waals surface area contributed by atoms with Crippen LogP contribution in [0.1, 0.15) is 5.56 Å². The molecule has 4 rings (SSSR count). The van der Waals surface area contributed by atoms with Gasteiger partial charge in [-0.2, -0.15) is 0 Å². The molecular formula is C18H19NO6. The Morgan fingerprint density at radius 3 is 2.88 bits per heavy atom. The molecule has 1 amide bonds. The van der Waals surface area contributed by atoms with Gasteiger partial charge in [0.2, 0.25) is 5.91 Å². The third kappa shape index (κ3) is 2.22. The van der Waals surface area contributed by atoms with Crippen LogP contribution in [0.2, 0.25) is 0 Å². The molecule has 132 valence electrons. The van der Waals surface area contributed by atoms with Crippen LogP contribution < -0.4 is 9.47 Å². The molecule has 1 aromatic carbocycles. The molecule has 4 atom stereocenters. The molecule has 0 aliphatic carbocycles. The van der Waals surface area contributed by atoms with Crippen LogP contribution in [0, 0.1) is 11.8 Å². The second kappa shape index (κ2) is 5.49. The first-order chi connectivity index (χ1) is 12.0. The summed E-state index contributed by atoms with van der Waals surface area (Å²) in [6.07, 6.45) is 3.11. The van der Waals surface area contributed by atoms with Crippen LogP contribution in [0.5, 0.6) is 11.5 Å². The van der Waals surface area contributed by atoms with Crippen LogP contribution in [0.15, 0.2) is 30.4 Å². The first kappa shape index (κ1) is 16.0. The molecule has 2 fully saturated rings. The van der Waals surface area contributed by atoms with E-state index in [-0.39, 0.29) is 5.91 Å². The predicted octanol–water partition coefficient (Wildman–Crippen LogP) is 1.07. The molecule has 3 aliphatic rings. The molecule has 3 aliphatic heterocycles. The van der Waals surface area contributed by atoms with Crippen LogP contribution in [0.4, 0.5) is 0 Å². The van der Waals surface area contributed by atoms with Gasteiger partial charge < -0.3 is 24.2 Å². The van der Waals surface area contributed by atoms with Gasteiger partial charge in [0.25, 0.3) is 0 Å². The Morgan fingerprint density at radius 2 is 2.20 bits per heavy atom. The third-order valence-electron chi connectivity index (χ3n) is 5.32. The largest absolute Gasteiger partial charge is 0.497 e. The molecule has 1 N–H and O–H groups in total. The molecule has 0 aromatic heterocycles. The summed E-state index contributed by atoms with van der Waals surface area (Å²) in [6, 6.07) is 5.41. The Bertz CT molecular complexity index is 775. The molecule has 7 heteroatoms. The second-order valence-electron chi connectivity index (χ2n) is 6.61. The molecule has 1 aromatic rings. The Hall–Kier alpha value is -2.54. The van der Waals surface area contributed by atoms with Gasteiger partial charge >= 0.3 is 5.97 Å². The number of carboxylic acids is 1. The normalized spacial score (nSPS) is 32.2. The number of fused-ring (bicyclic) bond motifs is 1. The van der Waals surface area contributed by atoms with E-state index in [4.69, 9.17) is 14.2 Å². The first-order valence-electron chi connectivity index (χ1n) is 8.09. The fraction of sp³-hybridized carbons (Fsp3) is 0.444. The van der Waals surface area contributed by atoms with Crippen molar-refractivity contribution in [3.8, 4) is 11.5 Å². The van der Waals surface area contributed by atoms with Crippen molar-refractivity contribution in [3.05, 3.63) is 35.9 Å². The minimum absolute atomic E-state index is 0.183. The highest BCUT2D eigenvalue weighted by Gasteiger charge is 2.67. The van der Waals surface area contributed by atoms with Crippen LogP contribution in [-0.4, -0.2) is 54.4 Å². The maximum Gasteiger partial charge on any atom is 0.310 e. The Labute approximate surface area is 144 Å². The number of amides is 1. The van der Waals surface area contributed by atoms with E-state index in [0.29, 0.717) is 24.6 Å². The van der Waals surface area contributed by atoms with Gasteiger partial charge in [-0.25, -0.2) is 0 Å². The fourth-order valence-electron chi connectivity index (χ4n) is 4.18. The Kier molecular flexibility index (Phi) is 3.50. The van der Waals surface area contributed by atoms with E-state index in [9.17, 15) is 14.7 Å². The van der Waals surface area contributed by atoms with Gasteiger partial charge in [-0.05, 0) is 12.1 Å². The quantitative estimate of drug-likeness (QED) is 0.804. The fourth-order valence-corrected chi connectivity index (χ4v) is 4.18. The Balaban J connectivity index is 1.61. The first-order valence-corrected chi connectivity index (χ1v) is 8.09. The number of ether oxygens (including phenoxy) is 3. The molecule has 2 bridgehead atoms. The van der Waals surface area contributed by atoms with Gasteiger partial charge in [-0.3, -0.25) is 9.59 Å². The molecule has 0 radical (unpaired) electrons. The smallest absolute Gasteiger partial charge is 0.310 e. The highest BCUT2D eigenvalue weighted by atomic mass is 16.5. The van der Waals surface area contributed by atoms with Crippen molar-refractivity contribution in [2.24, 2.45) is 11.8 Å². The van der Waals surface area contributed by atoms with Gasteiger partial charge in [0.15, 0.2) is 0 Å². The molecule has 3 heterocycles. The van der Waals surface area contributed by atoms with Gasteiger partial charge in [-0.15, -0.1) is 0 Å². The number of hydrogen-bond donors (Lipinski definition) is 1. The van der Waals surface area contributed by atoms with Crippen LogP contribution in [0.3, 0.4) is 0 Å². The van der Waals surface area contributed by atoms with Crippen molar-refractivity contribution in [2.75, 3.05) is 20.8 Å². The molecule has 1 spiro atoms. The number of benzene rings is 1. The van der Waals surface area contributed by atoms with Crippen molar-refractivity contribution in [3.63, 3.8) is 0 Å². The summed E-state index contributed by atoms with van der Waals surface area (Å²) in [5.74, 6) is -1.36. The summed E-state index contributed by atoms with van der Waals surface area (Å²) in [4.78, 5) is 26.1. The van der Waals surface area contributed by atoms with Crippen LogP contribution in [-0.2, 0) is 20.9 Å². The lowest BCUT2D eigenvalue weighted by Gasteiger charge is -2.22. The molecule has 7 nitrogen and oxygen atoms in total. The monoisotopic (exact) mass is 345 g/mol. The predicted molar refractivity (Wildman–Crippen MR) is 86.3 cm³/mol. The van der Waals surface area contributed by atoms with Crippen molar-refractivity contribution in [1.29, 1.82) is 0 Å². The number of hydrogen-bond acceptors (Lipinski definition) is 5. The lowest BCUT2D eigenvalue weighted by Crippen LogP contribution is -2.39. The standard InChI is InChI=1S/C18H19NO6/c1-23-11-4-3-10(13(7-11)24-2)8-19-9-18-6-5-12(25-18)14(17(21)22)15(18)16(19)20/h3-7,12,14-15H,8-9H2,1-2H3,(H,21,22)/t12-,14+,15+,18-/m1/s1. The second-order valence-corrected chi connectivity index (χ2v) is 6.61. The topological polar surface area (TPSA) is 85.3 Å². The van der Waals surface area contributed by atoms with E-state index >= 15 is 0 Å². The summed E-state index contributed by atoms with van der Waals surface area (Å²) >= 11 is 0. The van der Waals surface area contributed by atoms with E-state index in [1.165, 1.54) is 0 Å². The molecule has 25 heavy (non-hydrogen) atoms. The number of likely N-dealkylation sites (tertiary alicyclic amines) is 1. The van der Waals surface area contributed by atoms with E-state index in [2.05, 4.69) is 0 Å².